The molecule has 0 unspecified atom stereocenters. The van der Waals surface area contributed by atoms with Crippen LogP contribution in [0.2, 0.25) is 0 Å². The average Bonchev–Trinajstić information content (AvgIpc) is 2.80. The molecule has 0 bridgehead atoms. The van der Waals surface area contributed by atoms with E-state index in [-0.39, 0.29) is 23.4 Å². The number of allylic oxidation sites excluding steroid dienone is 2. The fourth-order valence-corrected chi connectivity index (χ4v) is 4.82. The van der Waals surface area contributed by atoms with E-state index in [1.54, 1.807) is 0 Å². The summed E-state index contributed by atoms with van der Waals surface area (Å²) in [6, 6.07) is 0. The Kier molecular flexibility index (Phi) is 4.24. The van der Waals surface area contributed by atoms with Gasteiger partial charge in [0.15, 0.2) is 0 Å². The van der Waals surface area contributed by atoms with Crippen molar-refractivity contribution >= 4 is 11.8 Å². The highest BCUT2D eigenvalue weighted by atomic mass is 16.5. The Morgan fingerprint density at radius 2 is 2.00 bits per heavy atom. The van der Waals surface area contributed by atoms with Crippen molar-refractivity contribution in [2.24, 2.45) is 17.3 Å². The van der Waals surface area contributed by atoms with Crippen LogP contribution >= 0.6 is 0 Å². The lowest BCUT2D eigenvalue weighted by atomic mass is 9.70. The van der Waals surface area contributed by atoms with E-state index in [0.717, 1.165) is 31.3 Å². The first-order valence-electron chi connectivity index (χ1n) is 8.88. The Morgan fingerprint density at radius 3 is 2.74 bits per heavy atom. The lowest BCUT2D eigenvalue weighted by Gasteiger charge is -2.40. The van der Waals surface area contributed by atoms with Crippen LogP contribution in [0, 0.1) is 17.3 Å². The predicted molar refractivity (Wildman–Crippen MR) is 89.8 cm³/mol. The van der Waals surface area contributed by atoms with Gasteiger partial charge in [0.1, 0.15) is 11.9 Å². The molecule has 2 aliphatic carbocycles. The van der Waals surface area contributed by atoms with Crippen LogP contribution in [-0.2, 0) is 14.3 Å². The van der Waals surface area contributed by atoms with Crippen molar-refractivity contribution in [1.29, 1.82) is 0 Å². The number of ketones is 1. The number of hydrogen-bond acceptors (Lipinski definition) is 3. The summed E-state index contributed by atoms with van der Waals surface area (Å²) >= 11 is 0. The molecule has 3 rings (SSSR count). The zero-order chi connectivity index (χ0) is 16.8. The van der Waals surface area contributed by atoms with Crippen LogP contribution in [0.15, 0.2) is 22.8 Å². The van der Waals surface area contributed by atoms with Gasteiger partial charge in [-0.15, -0.1) is 0 Å². The molecule has 0 radical (unpaired) electrons. The second-order valence-electron chi connectivity index (χ2n) is 8.24. The number of rotatable bonds is 0. The van der Waals surface area contributed by atoms with Gasteiger partial charge in [0, 0.05) is 24.3 Å². The molecule has 1 saturated carbocycles. The van der Waals surface area contributed by atoms with Gasteiger partial charge >= 0.3 is 5.97 Å². The molecule has 1 fully saturated rings. The maximum absolute atomic E-state index is 12.2. The van der Waals surface area contributed by atoms with Crippen LogP contribution in [0.1, 0.15) is 66.2 Å². The van der Waals surface area contributed by atoms with E-state index in [4.69, 9.17) is 4.74 Å². The van der Waals surface area contributed by atoms with Crippen LogP contribution in [0.25, 0.3) is 0 Å². The third-order valence-corrected chi connectivity index (χ3v) is 6.11. The summed E-state index contributed by atoms with van der Waals surface area (Å²) in [5, 5.41) is 0. The molecular formula is C20H28O3. The molecular weight excluding hydrogens is 288 g/mol. The zero-order valence-electron chi connectivity index (χ0n) is 14.8. The quantitative estimate of drug-likeness (QED) is 0.492. The van der Waals surface area contributed by atoms with E-state index >= 15 is 0 Å². The summed E-state index contributed by atoms with van der Waals surface area (Å²) < 4.78 is 5.82. The first-order chi connectivity index (χ1) is 10.8. The summed E-state index contributed by atoms with van der Waals surface area (Å²) in [6.45, 7) is 8.43. The summed E-state index contributed by atoms with van der Waals surface area (Å²) in [5.41, 5.74) is 3.46. The van der Waals surface area contributed by atoms with E-state index in [1.807, 2.05) is 6.92 Å². The van der Waals surface area contributed by atoms with Gasteiger partial charge in [-0.3, -0.25) is 4.79 Å². The molecule has 0 N–H and O–H groups in total. The average molecular weight is 316 g/mol. The molecule has 23 heavy (non-hydrogen) atoms. The Bertz CT molecular complexity index is 598. The first kappa shape index (κ1) is 16.5. The highest BCUT2D eigenvalue weighted by Gasteiger charge is 2.50. The van der Waals surface area contributed by atoms with E-state index in [1.165, 1.54) is 11.1 Å². The van der Waals surface area contributed by atoms with Crippen LogP contribution in [0.4, 0.5) is 0 Å². The molecule has 126 valence electrons. The predicted octanol–water partition coefficient (Wildman–Crippen LogP) is 4.37. The van der Waals surface area contributed by atoms with Crippen molar-refractivity contribution in [2.75, 3.05) is 0 Å². The largest absolute Gasteiger partial charge is 0.458 e. The van der Waals surface area contributed by atoms with Gasteiger partial charge in [-0.05, 0) is 50.9 Å². The molecule has 0 aromatic heterocycles. The van der Waals surface area contributed by atoms with Crippen molar-refractivity contribution in [1.82, 2.24) is 0 Å². The molecule has 1 aliphatic heterocycles. The molecule has 1 heterocycles. The second-order valence-corrected chi connectivity index (χ2v) is 8.24. The molecule has 0 aromatic carbocycles. The smallest absolute Gasteiger partial charge is 0.333 e. The highest BCUT2D eigenvalue weighted by molar-refractivity contribution is 5.90. The molecule has 3 heteroatoms. The fraction of sp³-hybridized carbons (Fsp3) is 0.700. The molecule has 0 spiro atoms. The molecule has 4 atom stereocenters. The van der Waals surface area contributed by atoms with Gasteiger partial charge in [-0.2, -0.15) is 0 Å². The topological polar surface area (TPSA) is 43.4 Å². The third-order valence-electron chi connectivity index (χ3n) is 6.11. The van der Waals surface area contributed by atoms with E-state index < -0.39 is 0 Å². The van der Waals surface area contributed by atoms with E-state index in [2.05, 4.69) is 26.8 Å². The molecule has 0 aromatic rings. The van der Waals surface area contributed by atoms with Crippen LogP contribution in [0.3, 0.4) is 0 Å². The number of ether oxygens (including phenoxy) is 1. The first-order valence-corrected chi connectivity index (χ1v) is 8.88. The minimum Gasteiger partial charge on any atom is -0.458 e. The summed E-state index contributed by atoms with van der Waals surface area (Å²) in [5.74, 6) is 0.735. The summed E-state index contributed by atoms with van der Waals surface area (Å²) in [7, 11) is 0. The monoisotopic (exact) mass is 316 g/mol. The maximum Gasteiger partial charge on any atom is 0.333 e. The van der Waals surface area contributed by atoms with E-state index in [9.17, 15) is 9.59 Å². The van der Waals surface area contributed by atoms with Crippen LogP contribution in [0.5, 0.6) is 0 Å². The molecule has 3 aliphatic rings. The Labute approximate surface area is 139 Å². The van der Waals surface area contributed by atoms with Gasteiger partial charge in [0.2, 0.25) is 0 Å². The van der Waals surface area contributed by atoms with Gasteiger partial charge in [-0.25, -0.2) is 4.79 Å². The third kappa shape index (κ3) is 3.02. The number of hydrogen-bond donors (Lipinski definition) is 0. The van der Waals surface area contributed by atoms with Crippen molar-refractivity contribution in [3.05, 3.63) is 22.8 Å². The molecule has 0 amide bonds. The maximum atomic E-state index is 12.2. The van der Waals surface area contributed by atoms with Gasteiger partial charge < -0.3 is 4.74 Å². The van der Waals surface area contributed by atoms with Gasteiger partial charge in [0.25, 0.3) is 0 Å². The number of carbonyl (C=O) groups excluding carboxylic acids is 2. The molecule has 3 nitrogen and oxygen atoms in total. The Balaban J connectivity index is 2.02. The second kappa shape index (κ2) is 5.92. The zero-order valence-corrected chi connectivity index (χ0v) is 14.8. The molecule has 0 saturated heterocycles. The van der Waals surface area contributed by atoms with Gasteiger partial charge in [-0.1, -0.05) is 31.1 Å². The normalized spacial score (nSPS) is 40.9. The van der Waals surface area contributed by atoms with E-state index in [0.29, 0.717) is 24.5 Å². The number of Topliss-reactive ketones (excluding diaryl/α,β-unsaturated/α-hetero) is 1. The SMILES string of the molecule is CC1=C2CC[C@@]3(C)C/C=C(/C)CC(=O)C[C@H](C)C[C@H](OC1=O)[C@H]23. The van der Waals surface area contributed by atoms with Crippen LogP contribution < -0.4 is 0 Å². The number of esters is 1. The van der Waals surface area contributed by atoms with Gasteiger partial charge in [0.05, 0.1) is 0 Å². The fourth-order valence-electron chi connectivity index (χ4n) is 4.82. The minimum atomic E-state index is -0.148. The lowest BCUT2D eigenvalue weighted by molar-refractivity contribution is -0.151. The summed E-state index contributed by atoms with van der Waals surface area (Å²) in [6.07, 6.45) is 7.21. The standard InChI is InChI=1S/C20H28O3/c1-12-5-7-20(4)8-6-16-14(3)19(22)23-17(18(16)20)11-13(2)10-15(21)9-12/h5,13,17-18H,6-11H2,1-4H3/b12-5-/t13-,17-,18-,20+/m0/s1. The Hall–Kier alpha value is -1.38. The summed E-state index contributed by atoms with van der Waals surface area (Å²) in [4.78, 5) is 24.4. The van der Waals surface area contributed by atoms with Crippen molar-refractivity contribution in [3.8, 4) is 0 Å². The van der Waals surface area contributed by atoms with Crippen LogP contribution in [-0.4, -0.2) is 17.9 Å². The number of carbonyl (C=O) groups is 2. The van der Waals surface area contributed by atoms with Crippen molar-refractivity contribution in [2.45, 2.75) is 72.3 Å². The van der Waals surface area contributed by atoms with Crippen molar-refractivity contribution in [3.63, 3.8) is 0 Å². The Morgan fingerprint density at radius 1 is 1.26 bits per heavy atom. The lowest BCUT2D eigenvalue weighted by Crippen LogP contribution is -2.40. The highest BCUT2D eigenvalue weighted by Crippen LogP contribution is 2.55. The van der Waals surface area contributed by atoms with Crippen molar-refractivity contribution < 1.29 is 14.3 Å². The minimum absolute atomic E-state index is 0.0664.